The molecule has 1 aliphatic carbocycles. The Labute approximate surface area is 165 Å². The molecule has 2 atom stereocenters. The summed E-state index contributed by atoms with van der Waals surface area (Å²) in [6.07, 6.45) is 5.63. The van der Waals surface area contributed by atoms with E-state index in [0.717, 1.165) is 25.7 Å². The van der Waals surface area contributed by atoms with Crippen LogP contribution >= 0.6 is 0 Å². The van der Waals surface area contributed by atoms with Crippen LogP contribution in [0.25, 0.3) is 0 Å². The molecule has 0 radical (unpaired) electrons. The molecule has 1 aliphatic rings. The smallest absolute Gasteiger partial charge is 0.223 e. The van der Waals surface area contributed by atoms with Gasteiger partial charge in [-0.15, -0.1) is 0 Å². The molecule has 27 heavy (non-hydrogen) atoms. The summed E-state index contributed by atoms with van der Waals surface area (Å²) in [5.41, 5.74) is -0.160. The Hall–Kier alpha value is -1.31. The second kappa shape index (κ2) is 10.3. The summed E-state index contributed by atoms with van der Waals surface area (Å²) < 4.78 is 22.8. The average Bonchev–Trinajstić information content (AvgIpc) is 2.56. The molecule has 8 heteroatoms. The van der Waals surface area contributed by atoms with Gasteiger partial charge in [-0.1, -0.05) is 20.3 Å². The summed E-state index contributed by atoms with van der Waals surface area (Å²) in [5, 5.41) is 9.75. The molecule has 1 saturated carbocycles. The van der Waals surface area contributed by atoms with Crippen LogP contribution in [0.4, 0.5) is 0 Å². The third-order valence-electron chi connectivity index (χ3n) is 4.92. The van der Waals surface area contributed by atoms with Crippen molar-refractivity contribution in [2.24, 2.45) is 16.3 Å². The fourth-order valence-electron chi connectivity index (χ4n) is 3.22. The number of hydrogen-bond donors (Lipinski definition) is 3. The lowest BCUT2D eigenvalue weighted by atomic mass is 9.85. The minimum atomic E-state index is -2.96. The number of nitrogens with zero attached hydrogens (tertiary/aromatic N) is 1. The van der Waals surface area contributed by atoms with Gasteiger partial charge >= 0.3 is 0 Å². The molecule has 7 nitrogen and oxygen atoms in total. The Kier molecular flexibility index (Phi) is 9.05. The summed E-state index contributed by atoms with van der Waals surface area (Å²) in [7, 11) is -1.23. The molecule has 158 valence electrons. The van der Waals surface area contributed by atoms with E-state index >= 15 is 0 Å². The molecule has 1 amide bonds. The number of carbonyl (C=O) groups is 1. The van der Waals surface area contributed by atoms with Crippen LogP contribution in [-0.4, -0.2) is 58.0 Å². The van der Waals surface area contributed by atoms with Crippen molar-refractivity contribution in [3.05, 3.63) is 0 Å². The van der Waals surface area contributed by atoms with Crippen LogP contribution in [0.5, 0.6) is 0 Å². The van der Waals surface area contributed by atoms with Gasteiger partial charge in [0, 0.05) is 37.8 Å². The van der Waals surface area contributed by atoms with E-state index in [0.29, 0.717) is 18.9 Å². The molecule has 3 N–H and O–H groups in total. The van der Waals surface area contributed by atoms with E-state index in [4.69, 9.17) is 0 Å². The second-order valence-electron chi connectivity index (χ2n) is 8.84. The molecular formula is C19H38N4O3S. The number of carbonyl (C=O) groups excluding carboxylic acids is 1. The van der Waals surface area contributed by atoms with Crippen LogP contribution in [0.1, 0.15) is 59.8 Å². The first-order valence-electron chi connectivity index (χ1n) is 9.87. The fourth-order valence-corrected chi connectivity index (χ4v) is 4.15. The van der Waals surface area contributed by atoms with Crippen molar-refractivity contribution in [3.8, 4) is 0 Å². The maximum atomic E-state index is 12.3. The molecule has 0 bridgehead atoms. The maximum Gasteiger partial charge on any atom is 0.223 e. The molecule has 0 aromatic carbocycles. The number of rotatable bonds is 8. The standard InChI is InChI=1S/C19H38N4O3S/c1-14(2)22-17(24)15-8-7-9-16(12-15)23-18(20-5)21-13-19(3,4)10-11-27(6,25)26/h14-16H,7-13H2,1-6H3,(H,22,24)(H2,20,21,23). The molecule has 0 aliphatic heterocycles. The van der Waals surface area contributed by atoms with E-state index in [2.05, 4.69) is 20.9 Å². The molecule has 0 spiro atoms. The Balaban J connectivity index is 2.52. The highest BCUT2D eigenvalue weighted by Gasteiger charge is 2.28. The zero-order valence-corrected chi connectivity index (χ0v) is 18.6. The highest BCUT2D eigenvalue weighted by Crippen LogP contribution is 2.25. The summed E-state index contributed by atoms with van der Waals surface area (Å²) >= 11 is 0. The zero-order valence-electron chi connectivity index (χ0n) is 17.8. The molecule has 1 fully saturated rings. The van der Waals surface area contributed by atoms with Crippen LogP contribution in [-0.2, 0) is 14.6 Å². The van der Waals surface area contributed by atoms with Gasteiger partial charge in [0.2, 0.25) is 5.91 Å². The largest absolute Gasteiger partial charge is 0.356 e. The van der Waals surface area contributed by atoms with Gasteiger partial charge in [-0.25, -0.2) is 8.42 Å². The third-order valence-corrected chi connectivity index (χ3v) is 5.87. The van der Waals surface area contributed by atoms with Crippen LogP contribution < -0.4 is 16.0 Å². The summed E-state index contributed by atoms with van der Waals surface area (Å²) in [4.78, 5) is 16.6. The summed E-state index contributed by atoms with van der Waals surface area (Å²) in [6.45, 7) is 8.68. The van der Waals surface area contributed by atoms with Crippen molar-refractivity contribution in [1.29, 1.82) is 0 Å². The van der Waals surface area contributed by atoms with Crippen molar-refractivity contribution >= 4 is 21.7 Å². The van der Waals surface area contributed by atoms with Gasteiger partial charge < -0.3 is 16.0 Å². The number of amides is 1. The molecular weight excluding hydrogens is 364 g/mol. The van der Waals surface area contributed by atoms with Gasteiger partial charge in [0.05, 0.1) is 5.75 Å². The van der Waals surface area contributed by atoms with Gasteiger partial charge in [-0.2, -0.15) is 0 Å². The fraction of sp³-hybridized carbons (Fsp3) is 0.895. The molecule has 2 unspecified atom stereocenters. The topological polar surface area (TPSA) is 99.7 Å². The minimum absolute atomic E-state index is 0.0444. The molecule has 0 heterocycles. The SMILES string of the molecule is CN=C(NCC(C)(C)CCS(C)(=O)=O)NC1CCCC(C(=O)NC(C)C)C1. The highest BCUT2D eigenvalue weighted by atomic mass is 32.2. The van der Waals surface area contributed by atoms with Gasteiger partial charge in [0.15, 0.2) is 5.96 Å². The van der Waals surface area contributed by atoms with Gasteiger partial charge in [-0.3, -0.25) is 9.79 Å². The van der Waals surface area contributed by atoms with Crippen molar-refractivity contribution in [2.75, 3.05) is 25.6 Å². The lowest BCUT2D eigenvalue weighted by Gasteiger charge is -2.32. The van der Waals surface area contributed by atoms with Crippen molar-refractivity contribution in [3.63, 3.8) is 0 Å². The quantitative estimate of drug-likeness (QED) is 0.424. The average molecular weight is 403 g/mol. The van der Waals surface area contributed by atoms with E-state index in [9.17, 15) is 13.2 Å². The predicted molar refractivity (Wildman–Crippen MR) is 112 cm³/mol. The summed E-state index contributed by atoms with van der Waals surface area (Å²) in [6, 6.07) is 0.376. The third kappa shape index (κ3) is 9.98. The monoisotopic (exact) mass is 402 g/mol. The van der Waals surface area contributed by atoms with Crippen molar-refractivity contribution < 1.29 is 13.2 Å². The molecule has 0 aromatic heterocycles. The lowest BCUT2D eigenvalue weighted by molar-refractivity contribution is -0.126. The molecule has 1 rings (SSSR count). The van der Waals surface area contributed by atoms with E-state index in [1.165, 1.54) is 6.26 Å². The zero-order chi connectivity index (χ0) is 20.7. The normalized spacial score (nSPS) is 21.8. The Bertz CT molecular complexity index is 614. The Morgan fingerprint density at radius 3 is 2.48 bits per heavy atom. The number of nitrogens with one attached hydrogen (secondary N) is 3. The first kappa shape index (κ1) is 23.7. The first-order chi connectivity index (χ1) is 12.4. The van der Waals surface area contributed by atoms with Crippen LogP contribution in [0.2, 0.25) is 0 Å². The van der Waals surface area contributed by atoms with Gasteiger partial charge in [0.1, 0.15) is 9.84 Å². The van der Waals surface area contributed by atoms with E-state index < -0.39 is 9.84 Å². The Morgan fingerprint density at radius 2 is 1.93 bits per heavy atom. The number of hydrogen-bond acceptors (Lipinski definition) is 4. The second-order valence-corrected chi connectivity index (χ2v) is 11.1. The number of sulfone groups is 1. The Morgan fingerprint density at radius 1 is 1.26 bits per heavy atom. The van der Waals surface area contributed by atoms with Crippen LogP contribution in [0, 0.1) is 11.3 Å². The maximum absolute atomic E-state index is 12.3. The molecule has 0 aromatic rings. The first-order valence-corrected chi connectivity index (χ1v) is 11.9. The van der Waals surface area contributed by atoms with E-state index in [-0.39, 0.29) is 35.1 Å². The molecule has 0 saturated heterocycles. The predicted octanol–water partition coefficient (Wildman–Crippen LogP) is 1.70. The van der Waals surface area contributed by atoms with Crippen LogP contribution in [0.15, 0.2) is 4.99 Å². The van der Waals surface area contributed by atoms with E-state index in [1.54, 1.807) is 7.05 Å². The minimum Gasteiger partial charge on any atom is -0.356 e. The van der Waals surface area contributed by atoms with Gasteiger partial charge in [-0.05, 0) is 44.9 Å². The van der Waals surface area contributed by atoms with Gasteiger partial charge in [0.25, 0.3) is 0 Å². The number of guanidine groups is 1. The van der Waals surface area contributed by atoms with Crippen molar-refractivity contribution in [2.45, 2.75) is 71.9 Å². The summed E-state index contributed by atoms with van der Waals surface area (Å²) in [5.74, 6) is 1.07. The van der Waals surface area contributed by atoms with Crippen molar-refractivity contribution in [1.82, 2.24) is 16.0 Å². The number of aliphatic imine (C=N–C) groups is 1. The highest BCUT2D eigenvalue weighted by molar-refractivity contribution is 7.90. The van der Waals surface area contributed by atoms with E-state index in [1.807, 2.05) is 27.7 Å². The van der Waals surface area contributed by atoms with Crippen LogP contribution in [0.3, 0.4) is 0 Å². The lowest BCUT2D eigenvalue weighted by Crippen LogP contribution is -2.49.